The van der Waals surface area contributed by atoms with Gasteiger partial charge in [-0.05, 0) is 46.3 Å². The maximum absolute atomic E-state index is 12.1. The summed E-state index contributed by atoms with van der Waals surface area (Å²) in [7, 11) is 0. The Morgan fingerprint density at radius 3 is 2.83 bits per heavy atom. The molecule has 0 spiro atoms. The second-order valence-corrected chi connectivity index (χ2v) is 5.66. The van der Waals surface area contributed by atoms with Crippen LogP contribution in [0.3, 0.4) is 0 Å². The number of rotatable bonds is 4. The summed E-state index contributed by atoms with van der Waals surface area (Å²) in [6, 6.07) is 11.6. The van der Waals surface area contributed by atoms with Crippen LogP contribution in [-0.4, -0.2) is 15.5 Å². The van der Waals surface area contributed by atoms with Crippen LogP contribution in [-0.2, 0) is 6.54 Å². The largest absolute Gasteiger partial charge is 0.454 e. The number of carbonyl (C=O) groups is 1. The van der Waals surface area contributed by atoms with E-state index in [0.717, 1.165) is 4.47 Å². The third kappa shape index (κ3) is 3.75. The predicted molar refractivity (Wildman–Crippen MR) is 88.4 cm³/mol. The first-order valence-corrected chi connectivity index (χ1v) is 7.58. The number of halogens is 1. The molecule has 0 fully saturated rings. The van der Waals surface area contributed by atoms with Crippen molar-refractivity contribution in [2.45, 2.75) is 6.54 Å². The van der Waals surface area contributed by atoms with Gasteiger partial charge in [0, 0.05) is 22.9 Å². The zero-order chi connectivity index (χ0) is 16.2. The molecule has 0 aliphatic rings. The summed E-state index contributed by atoms with van der Waals surface area (Å²) >= 11 is 3.28. The number of anilines is 1. The zero-order valence-corrected chi connectivity index (χ0v) is 13.5. The molecule has 0 radical (unpaired) electrons. The molecule has 3 rings (SSSR count). The third-order valence-corrected chi connectivity index (χ3v) is 3.55. The van der Waals surface area contributed by atoms with Crippen molar-refractivity contribution in [3.05, 3.63) is 81.2 Å². The smallest absolute Gasteiger partial charge is 0.292 e. The SMILES string of the molecule is O=C(Nc1ccc(Br)cn1)c1ccc(Cn2ccccc2=O)o1. The Bertz CT molecular complexity index is 884. The second kappa shape index (κ2) is 6.62. The first kappa shape index (κ1) is 15.2. The van der Waals surface area contributed by atoms with Gasteiger partial charge in [0.05, 0.1) is 6.54 Å². The molecular weight excluding hydrogens is 362 g/mol. The van der Waals surface area contributed by atoms with E-state index in [9.17, 15) is 9.59 Å². The summed E-state index contributed by atoms with van der Waals surface area (Å²) in [5.74, 6) is 0.711. The van der Waals surface area contributed by atoms with Gasteiger partial charge in [-0.25, -0.2) is 4.98 Å². The van der Waals surface area contributed by atoms with E-state index in [2.05, 4.69) is 26.2 Å². The quantitative estimate of drug-likeness (QED) is 0.762. The van der Waals surface area contributed by atoms with Crippen molar-refractivity contribution in [1.29, 1.82) is 0 Å². The van der Waals surface area contributed by atoms with Gasteiger partial charge >= 0.3 is 0 Å². The summed E-state index contributed by atoms with van der Waals surface area (Å²) in [5.41, 5.74) is -0.131. The molecular formula is C16H12BrN3O3. The predicted octanol–water partition coefficient (Wildman–Crippen LogP) is 2.90. The lowest BCUT2D eigenvalue weighted by atomic mass is 10.4. The van der Waals surface area contributed by atoms with Crippen LogP contribution in [0.2, 0.25) is 0 Å². The topological polar surface area (TPSA) is 77.1 Å². The summed E-state index contributed by atoms with van der Waals surface area (Å²) in [6.07, 6.45) is 3.25. The minimum atomic E-state index is -0.397. The van der Waals surface area contributed by atoms with Crippen LogP contribution in [0.1, 0.15) is 16.3 Å². The Kier molecular flexibility index (Phi) is 4.38. The number of carbonyl (C=O) groups excluding carboxylic acids is 1. The molecule has 1 amide bonds. The summed E-state index contributed by atoms with van der Waals surface area (Å²) in [6.45, 7) is 0.267. The average molecular weight is 374 g/mol. The molecule has 0 atom stereocenters. The highest BCUT2D eigenvalue weighted by Crippen LogP contribution is 2.13. The molecule has 0 saturated carbocycles. The number of hydrogen-bond acceptors (Lipinski definition) is 4. The number of amides is 1. The molecule has 23 heavy (non-hydrogen) atoms. The minimum Gasteiger partial charge on any atom is -0.454 e. The van der Waals surface area contributed by atoms with Crippen LogP contribution >= 0.6 is 15.9 Å². The van der Waals surface area contributed by atoms with Gasteiger partial charge in [-0.3, -0.25) is 9.59 Å². The Morgan fingerprint density at radius 1 is 1.22 bits per heavy atom. The van der Waals surface area contributed by atoms with Crippen LogP contribution in [0.25, 0.3) is 0 Å². The molecule has 3 heterocycles. The van der Waals surface area contributed by atoms with Crippen LogP contribution in [0.4, 0.5) is 5.82 Å². The Labute approximate surface area is 139 Å². The third-order valence-electron chi connectivity index (χ3n) is 3.08. The fourth-order valence-corrected chi connectivity index (χ4v) is 2.21. The van der Waals surface area contributed by atoms with E-state index < -0.39 is 5.91 Å². The van der Waals surface area contributed by atoms with Gasteiger partial charge in [-0.2, -0.15) is 0 Å². The van der Waals surface area contributed by atoms with E-state index in [4.69, 9.17) is 4.42 Å². The summed E-state index contributed by atoms with van der Waals surface area (Å²) in [5, 5.41) is 2.64. The number of pyridine rings is 2. The number of nitrogens with zero attached hydrogens (tertiary/aromatic N) is 2. The Hall–Kier alpha value is -2.67. The molecule has 3 aromatic rings. The molecule has 0 aliphatic heterocycles. The molecule has 0 unspecified atom stereocenters. The van der Waals surface area contributed by atoms with Crippen molar-refractivity contribution in [2.75, 3.05) is 5.32 Å². The lowest BCUT2D eigenvalue weighted by molar-refractivity contribution is 0.0994. The van der Waals surface area contributed by atoms with Gasteiger partial charge in [0.15, 0.2) is 5.76 Å². The number of aromatic nitrogens is 2. The van der Waals surface area contributed by atoms with Gasteiger partial charge in [0.1, 0.15) is 11.6 Å². The maximum Gasteiger partial charge on any atom is 0.292 e. The zero-order valence-electron chi connectivity index (χ0n) is 11.9. The lowest BCUT2D eigenvalue weighted by Gasteiger charge is -2.03. The van der Waals surface area contributed by atoms with Gasteiger partial charge in [0.25, 0.3) is 11.5 Å². The molecule has 116 valence electrons. The highest BCUT2D eigenvalue weighted by molar-refractivity contribution is 9.10. The molecule has 0 aromatic carbocycles. The molecule has 6 nitrogen and oxygen atoms in total. The molecule has 1 N–H and O–H groups in total. The molecule has 0 saturated heterocycles. The Morgan fingerprint density at radius 2 is 2.09 bits per heavy atom. The summed E-state index contributed by atoms with van der Waals surface area (Å²) < 4.78 is 7.81. The molecule has 3 aromatic heterocycles. The van der Waals surface area contributed by atoms with Crippen molar-refractivity contribution in [2.24, 2.45) is 0 Å². The first-order valence-electron chi connectivity index (χ1n) is 6.79. The monoisotopic (exact) mass is 373 g/mol. The van der Waals surface area contributed by atoms with E-state index >= 15 is 0 Å². The molecule has 0 aliphatic carbocycles. The minimum absolute atomic E-state index is 0.131. The number of furan rings is 1. The van der Waals surface area contributed by atoms with Gasteiger partial charge in [0.2, 0.25) is 0 Å². The average Bonchev–Trinajstić information content (AvgIpc) is 3.01. The van der Waals surface area contributed by atoms with E-state index in [-0.39, 0.29) is 17.9 Å². The first-order chi connectivity index (χ1) is 11.1. The van der Waals surface area contributed by atoms with Crippen molar-refractivity contribution in [3.8, 4) is 0 Å². The van der Waals surface area contributed by atoms with Gasteiger partial charge < -0.3 is 14.3 Å². The fraction of sp³-hybridized carbons (Fsp3) is 0.0625. The van der Waals surface area contributed by atoms with Crippen molar-refractivity contribution in [1.82, 2.24) is 9.55 Å². The highest BCUT2D eigenvalue weighted by Gasteiger charge is 2.12. The normalized spacial score (nSPS) is 10.5. The second-order valence-electron chi connectivity index (χ2n) is 4.75. The highest BCUT2D eigenvalue weighted by atomic mass is 79.9. The van der Waals surface area contributed by atoms with Crippen LogP contribution in [0.5, 0.6) is 0 Å². The van der Waals surface area contributed by atoms with Crippen molar-refractivity contribution >= 4 is 27.7 Å². The number of nitrogens with one attached hydrogen (secondary N) is 1. The van der Waals surface area contributed by atoms with Crippen LogP contribution in [0, 0.1) is 0 Å². The van der Waals surface area contributed by atoms with E-state index in [1.807, 2.05) is 0 Å². The molecule has 0 bridgehead atoms. The maximum atomic E-state index is 12.1. The molecule has 7 heteroatoms. The standard InChI is InChI=1S/C16H12BrN3O3/c17-11-4-7-14(18-9-11)19-16(22)13-6-5-12(23-13)10-20-8-2-1-3-15(20)21/h1-9H,10H2,(H,18,19,22). The van der Waals surface area contributed by atoms with E-state index in [1.165, 1.54) is 10.6 Å². The van der Waals surface area contributed by atoms with Crippen molar-refractivity contribution in [3.63, 3.8) is 0 Å². The van der Waals surface area contributed by atoms with Gasteiger partial charge in [-0.15, -0.1) is 0 Å². The van der Waals surface area contributed by atoms with Crippen molar-refractivity contribution < 1.29 is 9.21 Å². The number of hydrogen-bond donors (Lipinski definition) is 1. The lowest BCUT2D eigenvalue weighted by Crippen LogP contribution is -2.18. The van der Waals surface area contributed by atoms with Crippen LogP contribution in [0.15, 0.2) is 68.5 Å². The van der Waals surface area contributed by atoms with Gasteiger partial charge in [-0.1, -0.05) is 6.07 Å². The van der Waals surface area contributed by atoms with E-state index in [1.54, 1.807) is 48.8 Å². The van der Waals surface area contributed by atoms with Crippen LogP contribution < -0.4 is 10.9 Å². The van der Waals surface area contributed by atoms with E-state index in [0.29, 0.717) is 11.6 Å². The summed E-state index contributed by atoms with van der Waals surface area (Å²) in [4.78, 5) is 27.8. The Balaban J connectivity index is 1.71. The fourth-order valence-electron chi connectivity index (χ4n) is 1.97.